The number of benzene rings is 1. The molecule has 1 nitrogen and oxygen atoms in total. The molecule has 0 amide bonds. The first-order valence-corrected chi connectivity index (χ1v) is 8.12. The van der Waals surface area contributed by atoms with Gasteiger partial charge in [0.2, 0.25) is 0 Å². The first-order valence-electron chi connectivity index (χ1n) is 6.15. The van der Waals surface area contributed by atoms with Gasteiger partial charge in [0.15, 0.2) is 0 Å². The van der Waals surface area contributed by atoms with Crippen LogP contribution in [0.25, 0.3) is 10.1 Å². The van der Waals surface area contributed by atoms with Crippen LogP contribution in [-0.2, 0) is 0 Å². The number of hydrogen-bond donors (Lipinski definition) is 1. The fraction of sp³-hybridized carbons (Fsp3) is 0.429. The van der Waals surface area contributed by atoms with E-state index in [1.54, 1.807) is 0 Å². The van der Waals surface area contributed by atoms with E-state index in [2.05, 4.69) is 54.3 Å². The molecule has 2 atom stereocenters. The van der Waals surface area contributed by atoms with Crippen molar-refractivity contribution in [2.24, 2.45) is 0 Å². The molecule has 90 valence electrons. The average molecular weight is 263 g/mol. The molecule has 2 aromatic rings. The van der Waals surface area contributed by atoms with Crippen molar-refractivity contribution >= 4 is 33.2 Å². The molecule has 0 radical (unpaired) electrons. The van der Waals surface area contributed by atoms with Crippen molar-refractivity contribution in [1.29, 1.82) is 0 Å². The van der Waals surface area contributed by atoms with Crippen molar-refractivity contribution in [3.05, 3.63) is 35.2 Å². The van der Waals surface area contributed by atoms with E-state index in [4.69, 9.17) is 0 Å². The second kappa shape index (κ2) is 5.01. The molecule has 2 heterocycles. The van der Waals surface area contributed by atoms with Gasteiger partial charge in [0.25, 0.3) is 0 Å². The van der Waals surface area contributed by atoms with Crippen LogP contribution in [0.3, 0.4) is 0 Å². The molecule has 2 unspecified atom stereocenters. The summed E-state index contributed by atoms with van der Waals surface area (Å²) in [6.07, 6.45) is 1.32. The highest BCUT2D eigenvalue weighted by Gasteiger charge is 2.18. The van der Waals surface area contributed by atoms with E-state index in [-0.39, 0.29) is 0 Å². The van der Waals surface area contributed by atoms with Crippen LogP contribution < -0.4 is 5.32 Å². The number of thiophene rings is 1. The van der Waals surface area contributed by atoms with E-state index in [1.807, 2.05) is 11.3 Å². The van der Waals surface area contributed by atoms with Crippen LogP contribution in [0.5, 0.6) is 0 Å². The van der Waals surface area contributed by atoms with E-state index in [9.17, 15) is 0 Å². The maximum absolute atomic E-state index is 3.75. The summed E-state index contributed by atoms with van der Waals surface area (Å²) in [7, 11) is 0. The molecule has 17 heavy (non-hydrogen) atoms. The zero-order valence-electron chi connectivity index (χ0n) is 9.98. The second-order valence-corrected chi connectivity index (χ2v) is 6.90. The predicted octanol–water partition coefficient (Wildman–Crippen LogP) is 4.06. The Labute approximate surface area is 111 Å². The number of nitrogens with one attached hydrogen (secondary N) is 1. The van der Waals surface area contributed by atoms with Crippen LogP contribution in [0.1, 0.15) is 24.3 Å². The zero-order valence-corrected chi connectivity index (χ0v) is 11.6. The Balaban J connectivity index is 1.77. The minimum atomic E-state index is 0.482. The molecule has 1 N–H and O–H groups in total. The highest BCUT2D eigenvalue weighted by atomic mass is 32.2. The standard InChI is InChI=1S/C14H17NS2/c1-10(15-12-6-7-16-9-12)14-8-11-4-2-3-5-13(11)17-14/h2-5,8,10,12,15H,6-7,9H2,1H3. The molecule has 0 spiro atoms. The van der Waals surface area contributed by atoms with Gasteiger partial charge >= 0.3 is 0 Å². The molecule has 3 rings (SSSR count). The average Bonchev–Trinajstić information content (AvgIpc) is 2.96. The molecule has 3 heteroatoms. The van der Waals surface area contributed by atoms with Crippen LogP contribution >= 0.6 is 23.1 Å². The van der Waals surface area contributed by atoms with E-state index in [0.717, 1.165) is 0 Å². The summed E-state index contributed by atoms with van der Waals surface area (Å²) in [5, 5.41) is 5.12. The number of hydrogen-bond acceptors (Lipinski definition) is 3. The zero-order chi connectivity index (χ0) is 11.7. The van der Waals surface area contributed by atoms with Crippen molar-refractivity contribution in [3.8, 4) is 0 Å². The smallest absolute Gasteiger partial charge is 0.0388 e. The van der Waals surface area contributed by atoms with Crippen molar-refractivity contribution in [2.45, 2.75) is 25.4 Å². The van der Waals surface area contributed by atoms with Crippen LogP contribution in [0.15, 0.2) is 30.3 Å². The van der Waals surface area contributed by atoms with Gasteiger partial charge in [-0.2, -0.15) is 11.8 Å². The van der Waals surface area contributed by atoms with Gasteiger partial charge in [-0.3, -0.25) is 0 Å². The van der Waals surface area contributed by atoms with Crippen molar-refractivity contribution < 1.29 is 0 Å². The van der Waals surface area contributed by atoms with Gasteiger partial charge in [-0.25, -0.2) is 0 Å². The Morgan fingerprint density at radius 2 is 2.24 bits per heavy atom. The summed E-state index contributed by atoms with van der Waals surface area (Å²) in [5.74, 6) is 2.59. The van der Waals surface area contributed by atoms with Gasteiger partial charge in [-0.05, 0) is 36.6 Å². The van der Waals surface area contributed by atoms with Gasteiger partial charge in [0, 0.05) is 27.4 Å². The lowest BCUT2D eigenvalue weighted by Crippen LogP contribution is -2.30. The number of fused-ring (bicyclic) bond motifs is 1. The number of rotatable bonds is 3. The minimum Gasteiger partial charge on any atom is -0.306 e. The van der Waals surface area contributed by atoms with Crippen LogP contribution in [0.2, 0.25) is 0 Å². The van der Waals surface area contributed by atoms with Gasteiger partial charge in [0.1, 0.15) is 0 Å². The molecule has 1 aromatic carbocycles. The van der Waals surface area contributed by atoms with Crippen LogP contribution in [0.4, 0.5) is 0 Å². The molecular weight excluding hydrogens is 246 g/mol. The lowest BCUT2D eigenvalue weighted by molar-refractivity contribution is 0.491. The minimum absolute atomic E-state index is 0.482. The molecular formula is C14H17NS2. The molecule has 1 saturated heterocycles. The Morgan fingerprint density at radius 1 is 1.35 bits per heavy atom. The summed E-state index contributed by atoms with van der Waals surface area (Å²) in [4.78, 5) is 1.46. The first-order chi connectivity index (χ1) is 8.33. The molecule has 1 aliphatic rings. The van der Waals surface area contributed by atoms with Crippen molar-refractivity contribution in [1.82, 2.24) is 5.32 Å². The predicted molar refractivity (Wildman–Crippen MR) is 79.1 cm³/mol. The highest BCUT2D eigenvalue weighted by Crippen LogP contribution is 2.30. The summed E-state index contributed by atoms with van der Waals surface area (Å²) < 4.78 is 1.40. The summed E-state index contributed by atoms with van der Waals surface area (Å²) in [6, 6.07) is 12.2. The third kappa shape index (κ3) is 2.51. The Kier molecular flexibility index (Phi) is 3.41. The fourth-order valence-corrected chi connectivity index (χ4v) is 4.56. The normalized spacial score (nSPS) is 22.1. The van der Waals surface area contributed by atoms with E-state index in [0.29, 0.717) is 12.1 Å². The topological polar surface area (TPSA) is 12.0 Å². The summed E-state index contributed by atoms with van der Waals surface area (Å²) in [5.41, 5.74) is 0. The maximum Gasteiger partial charge on any atom is 0.0388 e. The monoisotopic (exact) mass is 263 g/mol. The Bertz CT molecular complexity index is 467. The quantitative estimate of drug-likeness (QED) is 0.896. The highest BCUT2D eigenvalue weighted by molar-refractivity contribution is 7.99. The maximum atomic E-state index is 3.75. The summed E-state index contributed by atoms with van der Waals surface area (Å²) in [6.45, 7) is 2.29. The Hall–Kier alpha value is -0.510. The van der Waals surface area contributed by atoms with E-state index < -0.39 is 0 Å². The van der Waals surface area contributed by atoms with Gasteiger partial charge in [-0.1, -0.05) is 18.2 Å². The fourth-order valence-electron chi connectivity index (χ4n) is 2.32. The van der Waals surface area contributed by atoms with Gasteiger partial charge < -0.3 is 5.32 Å². The van der Waals surface area contributed by atoms with Crippen molar-refractivity contribution in [3.63, 3.8) is 0 Å². The molecule has 0 aliphatic carbocycles. The van der Waals surface area contributed by atoms with Crippen molar-refractivity contribution in [2.75, 3.05) is 11.5 Å². The first kappa shape index (κ1) is 11.6. The molecule has 1 aromatic heterocycles. The van der Waals surface area contributed by atoms with Gasteiger partial charge in [0.05, 0.1) is 0 Å². The molecule has 1 aliphatic heterocycles. The molecule has 0 bridgehead atoms. The largest absolute Gasteiger partial charge is 0.306 e. The van der Waals surface area contributed by atoms with E-state index in [1.165, 1.54) is 32.9 Å². The van der Waals surface area contributed by atoms with Crippen LogP contribution in [0, 0.1) is 0 Å². The number of thioether (sulfide) groups is 1. The molecule has 1 fully saturated rings. The second-order valence-electron chi connectivity index (χ2n) is 4.64. The SMILES string of the molecule is CC(NC1CCSC1)c1cc2ccccc2s1. The lowest BCUT2D eigenvalue weighted by Gasteiger charge is -2.17. The van der Waals surface area contributed by atoms with E-state index >= 15 is 0 Å². The van der Waals surface area contributed by atoms with Crippen LogP contribution in [-0.4, -0.2) is 17.5 Å². The third-order valence-corrected chi connectivity index (χ3v) is 5.75. The lowest BCUT2D eigenvalue weighted by atomic mass is 10.2. The molecule has 0 saturated carbocycles. The Morgan fingerprint density at radius 3 is 3.00 bits per heavy atom. The summed E-state index contributed by atoms with van der Waals surface area (Å²) >= 11 is 3.98. The van der Waals surface area contributed by atoms with Gasteiger partial charge in [-0.15, -0.1) is 11.3 Å². The third-order valence-electron chi connectivity index (χ3n) is 3.29.